The van der Waals surface area contributed by atoms with Crippen LogP contribution in [0.2, 0.25) is 0 Å². The molecule has 2 aromatic heterocycles. The van der Waals surface area contributed by atoms with Crippen molar-refractivity contribution >= 4 is 34.1 Å². The minimum atomic E-state index is -0.480. The van der Waals surface area contributed by atoms with Crippen molar-refractivity contribution in [2.24, 2.45) is 5.73 Å². The average Bonchev–Trinajstić information content (AvgIpc) is 3.38. The number of thiophene rings is 1. The van der Waals surface area contributed by atoms with Gasteiger partial charge in [-0.05, 0) is 37.0 Å². The number of anilines is 1. The van der Waals surface area contributed by atoms with Crippen molar-refractivity contribution in [2.75, 3.05) is 38.0 Å². The van der Waals surface area contributed by atoms with Crippen LogP contribution in [0.4, 0.5) is 5.00 Å². The first-order valence-corrected chi connectivity index (χ1v) is 10.2. The summed E-state index contributed by atoms with van der Waals surface area (Å²) in [7, 11) is 0. The van der Waals surface area contributed by atoms with Crippen LogP contribution in [0.3, 0.4) is 0 Å². The Hall–Kier alpha value is -2.65. The second-order valence-corrected chi connectivity index (χ2v) is 8.28. The zero-order valence-corrected chi connectivity index (χ0v) is 16.3. The van der Waals surface area contributed by atoms with E-state index in [-0.39, 0.29) is 11.8 Å². The highest BCUT2D eigenvalue weighted by atomic mass is 32.1. The fourth-order valence-corrected chi connectivity index (χ4v) is 5.22. The van der Waals surface area contributed by atoms with Crippen LogP contribution >= 0.6 is 11.3 Å². The molecule has 1 aliphatic heterocycles. The molecule has 0 aromatic carbocycles. The van der Waals surface area contributed by atoms with Gasteiger partial charge in [0, 0.05) is 4.88 Å². The Bertz CT molecular complexity index is 897. The highest BCUT2D eigenvalue weighted by molar-refractivity contribution is 7.17. The molecular formula is C19H23N4O4S+. The molecule has 28 heavy (non-hydrogen) atoms. The molecule has 148 valence electrons. The number of primary amides is 1. The van der Waals surface area contributed by atoms with Crippen LogP contribution < -0.4 is 16.0 Å². The molecule has 1 fully saturated rings. The number of nitrogens with zero attached hydrogens (tertiary/aromatic N) is 1. The molecule has 1 aliphatic carbocycles. The second-order valence-electron chi connectivity index (χ2n) is 7.17. The molecule has 4 rings (SSSR count). The van der Waals surface area contributed by atoms with E-state index >= 15 is 0 Å². The molecule has 0 saturated carbocycles. The topological polar surface area (TPSA) is 110 Å². The lowest BCUT2D eigenvalue weighted by Crippen LogP contribution is -3.15. The van der Waals surface area contributed by atoms with Crippen molar-refractivity contribution < 1.29 is 23.7 Å². The molecule has 0 radical (unpaired) electrons. The van der Waals surface area contributed by atoms with Gasteiger partial charge in [0.15, 0.2) is 12.3 Å². The molecule has 0 bridgehead atoms. The van der Waals surface area contributed by atoms with E-state index in [9.17, 15) is 14.4 Å². The van der Waals surface area contributed by atoms with E-state index in [1.54, 1.807) is 17.0 Å². The van der Waals surface area contributed by atoms with Crippen LogP contribution in [0, 0.1) is 0 Å². The van der Waals surface area contributed by atoms with E-state index in [1.807, 2.05) is 0 Å². The summed E-state index contributed by atoms with van der Waals surface area (Å²) in [6, 6.07) is 3.35. The SMILES string of the molecule is NC(=O)c1c(NC(=O)C[NH+]2CCN(C(=O)c3ccco3)CC2)sc2c1CCC2. The van der Waals surface area contributed by atoms with Crippen LogP contribution in [0.1, 0.15) is 37.8 Å². The van der Waals surface area contributed by atoms with Gasteiger partial charge in [0.05, 0.1) is 38.0 Å². The summed E-state index contributed by atoms with van der Waals surface area (Å²) in [6.45, 7) is 2.81. The van der Waals surface area contributed by atoms with Gasteiger partial charge in [-0.1, -0.05) is 0 Å². The third kappa shape index (κ3) is 3.67. The second kappa shape index (κ2) is 7.76. The Morgan fingerprint density at radius 2 is 2.04 bits per heavy atom. The zero-order valence-electron chi connectivity index (χ0n) is 15.5. The molecule has 0 atom stereocenters. The van der Waals surface area contributed by atoms with Crippen LogP contribution in [0.5, 0.6) is 0 Å². The lowest BCUT2D eigenvalue weighted by molar-refractivity contribution is -0.895. The van der Waals surface area contributed by atoms with Crippen molar-refractivity contribution in [3.63, 3.8) is 0 Å². The largest absolute Gasteiger partial charge is 0.459 e. The van der Waals surface area contributed by atoms with E-state index in [2.05, 4.69) is 5.32 Å². The third-order valence-electron chi connectivity index (χ3n) is 5.32. The minimum Gasteiger partial charge on any atom is -0.459 e. The summed E-state index contributed by atoms with van der Waals surface area (Å²) in [5, 5.41) is 3.46. The van der Waals surface area contributed by atoms with Gasteiger partial charge in [0.25, 0.3) is 17.7 Å². The lowest BCUT2D eigenvalue weighted by Gasteiger charge is -2.31. The van der Waals surface area contributed by atoms with Crippen molar-refractivity contribution in [3.8, 4) is 0 Å². The quantitative estimate of drug-likeness (QED) is 0.648. The van der Waals surface area contributed by atoms with E-state index < -0.39 is 5.91 Å². The Balaban J connectivity index is 1.32. The number of carbonyl (C=O) groups excluding carboxylic acids is 3. The molecule has 1 saturated heterocycles. The first-order chi connectivity index (χ1) is 13.5. The number of furan rings is 1. The first kappa shape index (κ1) is 18.7. The van der Waals surface area contributed by atoms with Gasteiger partial charge in [-0.15, -0.1) is 11.3 Å². The van der Waals surface area contributed by atoms with Gasteiger partial charge in [0.2, 0.25) is 0 Å². The number of piperazine rings is 1. The van der Waals surface area contributed by atoms with Gasteiger partial charge in [0.1, 0.15) is 5.00 Å². The summed E-state index contributed by atoms with van der Waals surface area (Å²) < 4.78 is 5.16. The number of carbonyl (C=O) groups is 3. The molecule has 8 nitrogen and oxygen atoms in total. The molecule has 3 amide bonds. The van der Waals surface area contributed by atoms with Crippen LogP contribution in [-0.4, -0.2) is 55.3 Å². The lowest BCUT2D eigenvalue weighted by atomic mass is 10.1. The Labute approximate surface area is 166 Å². The van der Waals surface area contributed by atoms with Crippen LogP contribution in [0.25, 0.3) is 0 Å². The minimum absolute atomic E-state index is 0.118. The number of amides is 3. The van der Waals surface area contributed by atoms with Crippen molar-refractivity contribution in [1.82, 2.24) is 4.90 Å². The molecule has 0 unspecified atom stereocenters. The highest BCUT2D eigenvalue weighted by Gasteiger charge is 2.29. The molecule has 4 N–H and O–H groups in total. The number of rotatable bonds is 5. The zero-order chi connectivity index (χ0) is 19.7. The smallest absolute Gasteiger partial charge is 0.289 e. The third-order valence-corrected chi connectivity index (χ3v) is 6.53. The maximum Gasteiger partial charge on any atom is 0.289 e. The fraction of sp³-hybridized carbons (Fsp3) is 0.421. The molecule has 2 aliphatic rings. The molecule has 2 aromatic rings. The standard InChI is InChI=1S/C19H22N4O4S/c20-17(25)16-12-3-1-5-14(12)28-18(16)21-15(24)11-22-6-8-23(9-7-22)19(26)13-4-2-10-27-13/h2,4,10H,1,3,5-9,11H2,(H2,20,25)(H,21,24)/p+1. The van der Waals surface area contributed by atoms with Gasteiger partial charge in [-0.25, -0.2) is 0 Å². The number of aryl methyl sites for hydroxylation is 1. The Kier molecular flexibility index (Phi) is 5.19. The average molecular weight is 403 g/mol. The molecule has 3 heterocycles. The van der Waals surface area contributed by atoms with Gasteiger partial charge in [-0.3, -0.25) is 14.4 Å². The predicted octanol–water partition coefficient (Wildman–Crippen LogP) is -0.0919. The summed E-state index contributed by atoms with van der Waals surface area (Å²) in [5.41, 5.74) is 7.03. The summed E-state index contributed by atoms with van der Waals surface area (Å²) in [4.78, 5) is 40.7. The monoisotopic (exact) mass is 403 g/mol. The van der Waals surface area contributed by atoms with Gasteiger partial charge >= 0.3 is 0 Å². The number of fused-ring (bicyclic) bond motifs is 1. The normalized spacial score (nSPS) is 16.8. The number of quaternary nitrogens is 1. The van der Waals surface area contributed by atoms with E-state index in [0.29, 0.717) is 49.0 Å². The number of hydrogen-bond donors (Lipinski definition) is 3. The summed E-state index contributed by atoms with van der Waals surface area (Å²) >= 11 is 1.46. The number of nitrogens with one attached hydrogen (secondary N) is 2. The number of nitrogens with two attached hydrogens (primary N) is 1. The fourth-order valence-electron chi connectivity index (χ4n) is 3.91. The molecule has 9 heteroatoms. The van der Waals surface area contributed by atoms with Gasteiger partial charge < -0.3 is 25.3 Å². The van der Waals surface area contributed by atoms with Gasteiger partial charge in [-0.2, -0.15) is 0 Å². The van der Waals surface area contributed by atoms with E-state index in [0.717, 1.165) is 34.6 Å². The van der Waals surface area contributed by atoms with E-state index in [1.165, 1.54) is 17.6 Å². The van der Waals surface area contributed by atoms with Crippen LogP contribution in [0.15, 0.2) is 22.8 Å². The highest BCUT2D eigenvalue weighted by Crippen LogP contribution is 2.38. The molecular weight excluding hydrogens is 380 g/mol. The van der Waals surface area contributed by atoms with E-state index in [4.69, 9.17) is 10.2 Å². The molecule has 0 spiro atoms. The van der Waals surface area contributed by atoms with Crippen molar-refractivity contribution in [2.45, 2.75) is 19.3 Å². The Morgan fingerprint density at radius 1 is 1.25 bits per heavy atom. The maximum atomic E-state index is 12.5. The number of hydrogen-bond acceptors (Lipinski definition) is 5. The summed E-state index contributed by atoms with van der Waals surface area (Å²) in [6.07, 6.45) is 4.30. The maximum absolute atomic E-state index is 12.5. The van der Waals surface area contributed by atoms with Crippen molar-refractivity contribution in [1.29, 1.82) is 0 Å². The van der Waals surface area contributed by atoms with Crippen LogP contribution in [-0.2, 0) is 17.6 Å². The van der Waals surface area contributed by atoms with Crippen molar-refractivity contribution in [3.05, 3.63) is 40.2 Å². The summed E-state index contributed by atoms with van der Waals surface area (Å²) in [5.74, 6) is -0.394. The Morgan fingerprint density at radius 3 is 2.71 bits per heavy atom. The first-order valence-electron chi connectivity index (χ1n) is 9.43. The predicted molar refractivity (Wildman–Crippen MR) is 104 cm³/mol.